The molecule has 152 valence electrons. The van der Waals surface area contributed by atoms with Crippen LogP contribution in [0.5, 0.6) is 11.5 Å². The smallest absolute Gasteiger partial charge is 0.191 e. The molecule has 6 heteroatoms. The van der Waals surface area contributed by atoms with Crippen molar-refractivity contribution in [3.05, 3.63) is 23.8 Å². The number of hydrogen-bond acceptors (Lipinski definition) is 4. The van der Waals surface area contributed by atoms with Gasteiger partial charge in [-0.15, -0.1) is 0 Å². The number of benzene rings is 1. The molecule has 2 N–H and O–H groups in total. The Balaban J connectivity index is 1.73. The summed E-state index contributed by atoms with van der Waals surface area (Å²) in [6.07, 6.45) is 4.71. The molecule has 1 atom stereocenters. The zero-order valence-electron chi connectivity index (χ0n) is 17.5. The lowest BCUT2D eigenvalue weighted by molar-refractivity contribution is 0.264. The molecule has 1 saturated carbocycles. The standard InChI is InChI=1S/C21H36N4O2/c1-6-27-20-14-16(9-12-19(20)26-5)8-7-13-23-21(22-2)24-15-18(25(3)4)17-10-11-17/h9,12,14,17-18H,6-8,10-11,13,15H2,1-5H3,(H2,22,23,24). The van der Waals surface area contributed by atoms with Crippen molar-refractivity contribution in [3.63, 3.8) is 0 Å². The van der Waals surface area contributed by atoms with Gasteiger partial charge in [-0.1, -0.05) is 6.07 Å². The minimum Gasteiger partial charge on any atom is -0.493 e. The first kappa shape index (κ1) is 21.4. The second kappa shape index (κ2) is 11.0. The molecule has 27 heavy (non-hydrogen) atoms. The Morgan fingerprint density at radius 3 is 2.63 bits per heavy atom. The maximum absolute atomic E-state index is 5.65. The topological polar surface area (TPSA) is 58.1 Å². The fraction of sp³-hybridized carbons (Fsp3) is 0.667. The van der Waals surface area contributed by atoms with E-state index in [1.165, 1.54) is 18.4 Å². The molecular weight excluding hydrogens is 340 g/mol. The Morgan fingerprint density at radius 2 is 2.04 bits per heavy atom. The third-order valence-electron chi connectivity index (χ3n) is 4.99. The van der Waals surface area contributed by atoms with E-state index in [0.717, 1.165) is 49.3 Å². The van der Waals surface area contributed by atoms with Crippen LogP contribution in [-0.2, 0) is 6.42 Å². The molecule has 0 bridgehead atoms. The lowest BCUT2D eigenvalue weighted by Crippen LogP contribution is -2.46. The lowest BCUT2D eigenvalue weighted by Gasteiger charge is -2.25. The van der Waals surface area contributed by atoms with E-state index in [1.54, 1.807) is 7.11 Å². The molecule has 0 radical (unpaired) electrons. The summed E-state index contributed by atoms with van der Waals surface area (Å²) < 4.78 is 11.0. The third kappa shape index (κ3) is 6.94. The summed E-state index contributed by atoms with van der Waals surface area (Å²) in [5.41, 5.74) is 1.26. The number of likely N-dealkylation sites (N-methyl/N-ethyl adjacent to an activating group) is 1. The van der Waals surface area contributed by atoms with Crippen molar-refractivity contribution in [2.75, 3.05) is 47.9 Å². The van der Waals surface area contributed by atoms with Gasteiger partial charge in [0.1, 0.15) is 0 Å². The predicted octanol–water partition coefficient (Wildman–Crippen LogP) is 2.53. The molecule has 1 aliphatic carbocycles. The first-order valence-corrected chi connectivity index (χ1v) is 9.99. The molecule has 1 aromatic rings. The monoisotopic (exact) mass is 376 g/mol. The maximum Gasteiger partial charge on any atom is 0.191 e. The molecule has 0 aromatic heterocycles. The fourth-order valence-electron chi connectivity index (χ4n) is 3.32. The van der Waals surface area contributed by atoms with Gasteiger partial charge in [0.05, 0.1) is 13.7 Å². The molecule has 1 aliphatic rings. The van der Waals surface area contributed by atoms with Crippen LogP contribution < -0.4 is 20.1 Å². The largest absolute Gasteiger partial charge is 0.493 e. The van der Waals surface area contributed by atoms with E-state index in [2.05, 4.69) is 46.8 Å². The van der Waals surface area contributed by atoms with Gasteiger partial charge in [-0.2, -0.15) is 0 Å². The highest BCUT2D eigenvalue weighted by Crippen LogP contribution is 2.34. The van der Waals surface area contributed by atoms with Gasteiger partial charge in [0.15, 0.2) is 17.5 Å². The molecule has 1 unspecified atom stereocenters. The van der Waals surface area contributed by atoms with Crippen molar-refractivity contribution in [3.8, 4) is 11.5 Å². The molecule has 0 heterocycles. The summed E-state index contributed by atoms with van der Waals surface area (Å²) in [6, 6.07) is 6.74. The van der Waals surface area contributed by atoms with Crippen LogP contribution in [0, 0.1) is 5.92 Å². The molecule has 0 aliphatic heterocycles. The number of hydrogen-bond donors (Lipinski definition) is 2. The molecular formula is C21H36N4O2. The summed E-state index contributed by atoms with van der Waals surface area (Å²) in [5, 5.41) is 6.89. The quantitative estimate of drug-likeness (QED) is 0.353. The van der Waals surface area contributed by atoms with E-state index < -0.39 is 0 Å². The summed E-state index contributed by atoms with van der Waals surface area (Å²) in [7, 11) is 7.82. The van der Waals surface area contributed by atoms with E-state index >= 15 is 0 Å². The molecule has 2 rings (SSSR count). The van der Waals surface area contributed by atoms with Crippen molar-refractivity contribution in [1.82, 2.24) is 15.5 Å². The average molecular weight is 377 g/mol. The Morgan fingerprint density at radius 1 is 1.26 bits per heavy atom. The van der Waals surface area contributed by atoms with Gasteiger partial charge in [0, 0.05) is 26.2 Å². The third-order valence-corrected chi connectivity index (χ3v) is 4.99. The fourth-order valence-corrected chi connectivity index (χ4v) is 3.32. The van der Waals surface area contributed by atoms with Gasteiger partial charge in [-0.25, -0.2) is 0 Å². The van der Waals surface area contributed by atoms with Crippen molar-refractivity contribution >= 4 is 5.96 Å². The Hall–Kier alpha value is -1.95. The molecule has 1 fully saturated rings. The van der Waals surface area contributed by atoms with Gasteiger partial charge < -0.3 is 25.0 Å². The minimum absolute atomic E-state index is 0.583. The van der Waals surface area contributed by atoms with Crippen LogP contribution in [0.15, 0.2) is 23.2 Å². The highest BCUT2D eigenvalue weighted by atomic mass is 16.5. The van der Waals surface area contributed by atoms with E-state index in [0.29, 0.717) is 12.6 Å². The summed E-state index contributed by atoms with van der Waals surface area (Å²) in [5.74, 6) is 3.32. The molecule has 0 amide bonds. The summed E-state index contributed by atoms with van der Waals surface area (Å²) >= 11 is 0. The SMILES string of the molecule is CCOc1cc(CCCNC(=NC)NCC(C2CC2)N(C)C)ccc1OC. The average Bonchev–Trinajstić information content (AvgIpc) is 3.49. The zero-order chi connectivity index (χ0) is 19.6. The van der Waals surface area contributed by atoms with E-state index in [4.69, 9.17) is 9.47 Å². The molecule has 6 nitrogen and oxygen atoms in total. The molecule has 0 spiro atoms. The maximum atomic E-state index is 5.65. The number of nitrogens with zero attached hydrogens (tertiary/aromatic N) is 2. The number of aryl methyl sites for hydroxylation is 1. The summed E-state index contributed by atoms with van der Waals surface area (Å²) in [4.78, 5) is 6.66. The van der Waals surface area contributed by atoms with Crippen molar-refractivity contribution in [2.24, 2.45) is 10.9 Å². The Bertz CT molecular complexity index is 598. The highest BCUT2D eigenvalue weighted by molar-refractivity contribution is 5.79. The van der Waals surface area contributed by atoms with Crippen molar-refractivity contribution in [2.45, 2.75) is 38.6 Å². The van der Waals surface area contributed by atoms with Gasteiger partial charge >= 0.3 is 0 Å². The number of guanidine groups is 1. The normalized spacial score (nSPS) is 15.6. The number of aliphatic imine (C=N–C) groups is 1. The van der Waals surface area contributed by atoms with Crippen LogP contribution in [0.25, 0.3) is 0 Å². The van der Waals surface area contributed by atoms with Crippen LogP contribution in [0.1, 0.15) is 31.7 Å². The van der Waals surface area contributed by atoms with Gasteiger partial charge in [-0.3, -0.25) is 4.99 Å². The van der Waals surface area contributed by atoms with Gasteiger partial charge in [0.2, 0.25) is 0 Å². The van der Waals surface area contributed by atoms with Crippen LogP contribution in [0.3, 0.4) is 0 Å². The van der Waals surface area contributed by atoms with E-state index in [9.17, 15) is 0 Å². The number of methoxy groups -OCH3 is 1. The van der Waals surface area contributed by atoms with Crippen LogP contribution in [0.2, 0.25) is 0 Å². The number of nitrogens with one attached hydrogen (secondary N) is 2. The van der Waals surface area contributed by atoms with E-state index in [1.807, 2.05) is 20.0 Å². The first-order valence-electron chi connectivity index (χ1n) is 9.99. The van der Waals surface area contributed by atoms with E-state index in [-0.39, 0.29) is 0 Å². The predicted molar refractivity (Wildman–Crippen MR) is 112 cm³/mol. The highest BCUT2D eigenvalue weighted by Gasteiger charge is 2.32. The van der Waals surface area contributed by atoms with Crippen molar-refractivity contribution < 1.29 is 9.47 Å². The Labute approximate surface area is 164 Å². The lowest BCUT2D eigenvalue weighted by atomic mass is 10.1. The number of ether oxygens (including phenoxy) is 2. The molecule has 1 aromatic carbocycles. The van der Waals surface area contributed by atoms with Crippen LogP contribution in [0.4, 0.5) is 0 Å². The zero-order valence-corrected chi connectivity index (χ0v) is 17.5. The minimum atomic E-state index is 0.583. The second-order valence-electron chi connectivity index (χ2n) is 7.27. The second-order valence-corrected chi connectivity index (χ2v) is 7.27. The van der Waals surface area contributed by atoms with Crippen LogP contribution in [-0.4, -0.2) is 64.9 Å². The van der Waals surface area contributed by atoms with Crippen molar-refractivity contribution in [1.29, 1.82) is 0 Å². The summed E-state index contributed by atoms with van der Waals surface area (Å²) in [6.45, 7) is 4.44. The van der Waals surface area contributed by atoms with Crippen LogP contribution >= 0.6 is 0 Å². The molecule has 0 saturated heterocycles. The Kier molecular flexibility index (Phi) is 8.72. The number of rotatable bonds is 11. The first-order chi connectivity index (χ1) is 13.1. The van der Waals surface area contributed by atoms with Gasteiger partial charge in [0.25, 0.3) is 0 Å². The van der Waals surface area contributed by atoms with Gasteiger partial charge in [-0.05, 0) is 70.3 Å².